The molecule has 2 atom stereocenters. The first kappa shape index (κ1) is 12.9. The van der Waals surface area contributed by atoms with Gasteiger partial charge in [-0.3, -0.25) is 0 Å². The molecule has 0 radical (unpaired) electrons. The summed E-state index contributed by atoms with van der Waals surface area (Å²) in [5.74, 6) is 3.39. The molecule has 0 aliphatic heterocycles. The van der Waals surface area contributed by atoms with Crippen molar-refractivity contribution in [3.05, 3.63) is 51.9 Å². The predicted octanol–water partition coefficient (Wildman–Crippen LogP) is 5.32. The molecule has 4 heteroatoms. The number of furan rings is 1. The molecule has 1 aromatic heterocycles. The summed E-state index contributed by atoms with van der Waals surface area (Å²) in [4.78, 5) is 0. The molecule has 3 rings (SSSR count). The molecule has 0 saturated heterocycles. The van der Waals surface area contributed by atoms with Crippen LogP contribution in [0.5, 0.6) is 0 Å². The minimum atomic E-state index is 0.548. The topological polar surface area (TPSA) is 25.2 Å². The van der Waals surface area contributed by atoms with Crippen molar-refractivity contribution in [2.75, 3.05) is 5.32 Å². The van der Waals surface area contributed by atoms with E-state index in [1.54, 1.807) is 6.07 Å². The Morgan fingerprint density at radius 3 is 2.79 bits per heavy atom. The van der Waals surface area contributed by atoms with Crippen molar-refractivity contribution in [3.8, 4) is 0 Å². The first-order chi connectivity index (χ1) is 9.15. The molecule has 1 N–H and O–H groups in total. The average Bonchev–Trinajstić information content (AvgIpc) is 2.94. The van der Waals surface area contributed by atoms with Crippen LogP contribution in [0.4, 0.5) is 5.69 Å². The Morgan fingerprint density at radius 2 is 2.05 bits per heavy atom. The minimum Gasteiger partial charge on any atom is -0.464 e. The Labute approximate surface area is 122 Å². The fourth-order valence-electron chi connectivity index (χ4n) is 2.23. The summed E-state index contributed by atoms with van der Waals surface area (Å²) < 4.78 is 5.83. The van der Waals surface area contributed by atoms with E-state index >= 15 is 0 Å². The predicted molar refractivity (Wildman–Crippen MR) is 79.0 cm³/mol. The van der Waals surface area contributed by atoms with E-state index in [9.17, 15) is 0 Å². The van der Waals surface area contributed by atoms with Gasteiger partial charge in [-0.05, 0) is 36.6 Å². The van der Waals surface area contributed by atoms with Gasteiger partial charge < -0.3 is 9.73 Å². The largest absolute Gasteiger partial charge is 0.464 e. The Bertz CT molecular complexity index is 594. The zero-order valence-corrected chi connectivity index (χ0v) is 12.1. The summed E-state index contributed by atoms with van der Waals surface area (Å²) in [7, 11) is 0. The van der Waals surface area contributed by atoms with Gasteiger partial charge in [0.2, 0.25) is 0 Å². The lowest BCUT2D eigenvalue weighted by molar-refractivity contribution is 0.468. The van der Waals surface area contributed by atoms with Crippen LogP contribution in [-0.2, 0) is 6.54 Å². The van der Waals surface area contributed by atoms with Gasteiger partial charge in [0.1, 0.15) is 11.5 Å². The maximum Gasteiger partial charge on any atom is 0.123 e. The number of nitrogens with one attached hydrogen (secondary N) is 1. The highest BCUT2D eigenvalue weighted by Crippen LogP contribution is 2.47. The molecule has 2 unspecified atom stereocenters. The third-order valence-electron chi connectivity index (χ3n) is 3.56. The van der Waals surface area contributed by atoms with E-state index in [1.807, 2.05) is 18.2 Å². The molecule has 0 amide bonds. The van der Waals surface area contributed by atoms with Gasteiger partial charge in [-0.2, -0.15) is 0 Å². The molecular weight excluding hydrogens is 281 g/mol. The van der Waals surface area contributed by atoms with Crippen LogP contribution in [0.2, 0.25) is 10.0 Å². The SMILES string of the molecule is CC1CC1c1ccc(CNc2cccc(Cl)c2Cl)o1. The summed E-state index contributed by atoms with van der Waals surface area (Å²) in [5, 5.41) is 4.35. The van der Waals surface area contributed by atoms with E-state index in [0.717, 1.165) is 23.1 Å². The maximum absolute atomic E-state index is 6.12. The van der Waals surface area contributed by atoms with Crippen LogP contribution in [-0.4, -0.2) is 0 Å². The second kappa shape index (κ2) is 5.10. The number of anilines is 1. The Balaban J connectivity index is 1.66. The number of rotatable bonds is 4. The lowest BCUT2D eigenvalue weighted by atomic mass is 10.3. The van der Waals surface area contributed by atoms with Crippen LogP contribution < -0.4 is 5.32 Å². The highest BCUT2D eigenvalue weighted by atomic mass is 35.5. The summed E-state index contributed by atoms with van der Waals surface area (Å²) in [6.45, 7) is 2.86. The van der Waals surface area contributed by atoms with Crippen molar-refractivity contribution in [1.29, 1.82) is 0 Å². The van der Waals surface area contributed by atoms with Gasteiger partial charge >= 0.3 is 0 Å². The van der Waals surface area contributed by atoms with E-state index in [1.165, 1.54) is 6.42 Å². The second-order valence-corrected chi connectivity index (χ2v) is 5.86. The van der Waals surface area contributed by atoms with Gasteiger partial charge in [-0.15, -0.1) is 0 Å². The van der Waals surface area contributed by atoms with E-state index in [0.29, 0.717) is 22.5 Å². The quantitative estimate of drug-likeness (QED) is 0.825. The minimum absolute atomic E-state index is 0.548. The Morgan fingerprint density at radius 1 is 1.26 bits per heavy atom. The molecule has 19 heavy (non-hydrogen) atoms. The van der Waals surface area contributed by atoms with E-state index in [4.69, 9.17) is 27.6 Å². The molecule has 1 aliphatic rings. The second-order valence-electron chi connectivity index (χ2n) is 5.08. The van der Waals surface area contributed by atoms with E-state index in [2.05, 4.69) is 18.3 Å². The monoisotopic (exact) mass is 295 g/mol. The lowest BCUT2D eigenvalue weighted by Crippen LogP contribution is -1.98. The van der Waals surface area contributed by atoms with Gasteiger partial charge in [-0.1, -0.05) is 36.2 Å². The fourth-order valence-corrected chi connectivity index (χ4v) is 2.60. The number of halogens is 2. The average molecular weight is 296 g/mol. The Hall–Kier alpha value is -1.12. The van der Waals surface area contributed by atoms with Gasteiger partial charge in [-0.25, -0.2) is 0 Å². The molecule has 1 heterocycles. The summed E-state index contributed by atoms with van der Waals surface area (Å²) >= 11 is 12.1. The normalized spacial score (nSPS) is 21.4. The molecular formula is C15H15Cl2NO. The molecule has 0 spiro atoms. The third kappa shape index (κ3) is 2.75. The third-order valence-corrected chi connectivity index (χ3v) is 4.38. The van der Waals surface area contributed by atoms with Crippen molar-refractivity contribution in [3.63, 3.8) is 0 Å². The molecule has 1 aromatic carbocycles. The van der Waals surface area contributed by atoms with E-state index < -0.39 is 0 Å². The number of benzene rings is 1. The summed E-state index contributed by atoms with van der Waals surface area (Å²) in [6.07, 6.45) is 1.24. The van der Waals surface area contributed by atoms with Crippen molar-refractivity contribution in [1.82, 2.24) is 0 Å². The van der Waals surface area contributed by atoms with Crippen molar-refractivity contribution >= 4 is 28.9 Å². The zero-order valence-electron chi connectivity index (χ0n) is 10.6. The molecule has 1 aliphatic carbocycles. The van der Waals surface area contributed by atoms with E-state index in [-0.39, 0.29) is 0 Å². The summed E-state index contributed by atoms with van der Waals surface area (Å²) in [5.41, 5.74) is 0.826. The van der Waals surface area contributed by atoms with Crippen LogP contribution in [0.15, 0.2) is 34.7 Å². The Kier molecular flexibility index (Phi) is 3.46. The fraction of sp³-hybridized carbons (Fsp3) is 0.333. The zero-order chi connectivity index (χ0) is 13.4. The highest BCUT2D eigenvalue weighted by molar-refractivity contribution is 6.43. The van der Waals surface area contributed by atoms with Crippen LogP contribution in [0, 0.1) is 5.92 Å². The lowest BCUT2D eigenvalue weighted by Gasteiger charge is -2.07. The number of hydrogen-bond donors (Lipinski definition) is 1. The molecule has 2 nitrogen and oxygen atoms in total. The van der Waals surface area contributed by atoms with Crippen molar-refractivity contribution < 1.29 is 4.42 Å². The van der Waals surface area contributed by atoms with Crippen LogP contribution in [0.1, 0.15) is 30.8 Å². The standard InChI is InChI=1S/C15H15Cl2NO/c1-9-7-11(9)14-6-5-10(19-14)8-18-13-4-2-3-12(16)15(13)17/h2-6,9,11,18H,7-8H2,1H3. The van der Waals surface area contributed by atoms with Gasteiger partial charge in [0, 0.05) is 5.92 Å². The van der Waals surface area contributed by atoms with Crippen LogP contribution in [0.25, 0.3) is 0 Å². The van der Waals surface area contributed by atoms with Crippen LogP contribution in [0.3, 0.4) is 0 Å². The van der Waals surface area contributed by atoms with Crippen LogP contribution >= 0.6 is 23.2 Å². The first-order valence-corrected chi connectivity index (χ1v) is 7.17. The summed E-state index contributed by atoms with van der Waals surface area (Å²) in [6, 6.07) is 9.64. The highest BCUT2D eigenvalue weighted by Gasteiger charge is 2.36. The van der Waals surface area contributed by atoms with Gasteiger partial charge in [0.25, 0.3) is 0 Å². The maximum atomic E-state index is 6.12. The molecule has 1 fully saturated rings. The molecule has 2 aromatic rings. The van der Waals surface area contributed by atoms with Crippen molar-refractivity contribution in [2.24, 2.45) is 5.92 Å². The molecule has 1 saturated carbocycles. The molecule has 0 bridgehead atoms. The van der Waals surface area contributed by atoms with Gasteiger partial charge in [0.05, 0.1) is 22.3 Å². The smallest absolute Gasteiger partial charge is 0.123 e. The molecule has 100 valence electrons. The van der Waals surface area contributed by atoms with Gasteiger partial charge in [0.15, 0.2) is 0 Å². The van der Waals surface area contributed by atoms with Crippen molar-refractivity contribution in [2.45, 2.75) is 25.8 Å². The number of hydrogen-bond acceptors (Lipinski definition) is 2. The first-order valence-electron chi connectivity index (χ1n) is 6.41.